The topological polar surface area (TPSA) is 101 Å². The summed E-state index contributed by atoms with van der Waals surface area (Å²) in [6, 6.07) is 19.7. The summed E-state index contributed by atoms with van der Waals surface area (Å²) >= 11 is 0. The van der Waals surface area contributed by atoms with Crippen molar-refractivity contribution in [2.45, 2.75) is 83.7 Å². The molecule has 8 nitrogen and oxygen atoms in total. The quantitative estimate of drug-likeness (QED) is 0.249. The maximum absolute atomic E-state index is 14.1. The molecule has 1 atom stereocenters. The minimum atomic E-state index is -0.870. The Balaban J connectivity index is 1.62. The predicted octanol–water partition coefficient (Wildman–Crippen LogP) is 6.37. The molecule has 4 rings (SSSR count). The standard InChI is InChI=1S/C34H42N4O4/c1-3-25-13-8-9-16-29(25)38(32(40)19-12-18-31(39)37-30-17-10-11-24-35-30)33(26-20-22-28(23-21-26)42-4-2)34(41)36-27-14-6-5-7-15-27/h8-11,13,16-17,20-24,27,33H,3-7,12,14-15,18-19H2,1-2H3,(H,36,41)(H,35,37,39)/t33-/m0/s1. The number of anilines is 2. The van der Waals surface area contributed by atoms with Gasteiger partial charge in [0, 0.05) is 30.8 Å². The molecule has 0 unspecified atom stereocenters. The zero-order chi connectivity index (χ0) is 29.7. The zero-order valence-electron chi connectivity index (χ0n) is 24.7. The predicted molar refractivity (Wildman–Crippen MR) is 165 cm³/mol. The highest BCUT2D eigenvalue weighted by atomic mass is 16.5. The van der Waals surface area contributed by atoms with E-state index in [-0.39, 0.29) is 36.6 Å². The van der Waals surface area contributed by atoms with Gasteiger partial charge in [0.15, 0.2) is 0 Å². The largest absolute Gasteiger partial charge is 0.494 e. The number of rotatable bonds is 13. The Labute approximate surface area is 248 Å². The fraction of sp³-hybridized carbons (Fsp3) is 0.412. The molecule has 1 aliphatic carbocycles. The van der Waals surface area contributed by atoms with Crippen LogP contribution >= 0.6 is 0 Å². The maximum Gasteiger partial charge on any atom is 0.248 e. The molecule has 1 fully saturated rings. The molecule has 3 aromatic rings. The molecule has 1 aromatic heterocycles. The van der Waals surface area contributed by atoms with E-state index >= 15 is 0 Å². The lowest BCUT2D eigenvalue weighted by Crippen LogP contribution is -2.47. The van der Waals surface area contributed by atoms with Crippen molar-refractivity contribution in [3.63, 3.8) is 0 Å². The first-order valence-corrected chi connectivity index (χ1v) is 15.1. The first-order valence-electron chi connectivity index (χ1n) is 15.1. The molecule has 0 bridgehead atoms. The monoisotopic (exact) mass is 570 g/mol. The minimum Gasteiger partial charge on any atom is -0.494 e. The van der Waals surface area contributed by atoms with Crippen LogP contribution in [-0.4, -0.2) is 35.4 Å². The van der Waals surface area contributed by atoms with Gasteiger partial charge in [-0.3, -0.25) is 19.3 Å². The molecule has 8 heteroatoms. The Morgan fingerprint density at radius 3 is 2.36 bits per heavy atom. The molecule has 1 heterocycles. The molecule has 42 heavy (non-hydrogen) atoms. The summed E-state index contributed by atoms with van der Waals surface area (Å²) in [5, 5.41) is 6.04. The van der Waals surface area contributed by atoms with Crippen LogP contribution in [-0.2, 0) is 20.8 Å². The lowest BCUT2D eigenvalue weighted by molar-refractivity contribution is -0.127. The van der Waals surface area contributed by atoms with Crippen LogP contribution in [0.2, 0.25) is 0 Å². The summed E-state index contributed by atoms with van der Waals surface area (Å²) in [5.74, 6) is 0.568. The number of hydrogen-bond donors (Lipinski definition) is 2. The number of aryl methyl sites for hydroxylation is 1. The number of para-hydroxylation sites is 1. The Bertz CT molecular complexity index is 1310. The highest BCUT2D eigenvalue weighted by Gasteiger charge is 2.34. The smallest absolute Gasteiger partial charge is 0.248 e. The van der Waals surface area contributed by atoms with Crippen molar-refractivity contribution in [3.8, 4) is 5.75 Å². The summed E-state index contributed by atoms with van der Waals surface area (Å²) < 4.78 is 5.65. The Kier molecular flexibility index (Phi) is 11.5. The SMILES string of the molecule is CCOc1ccc([C@@H](C(=O)NC2CCCCC2)N(C(=O)CCCC(=O)Nc2ccccn2)c2ccccc2CC)cc1. The number of hydrogen-bond acceptors (Lipinski definition) is 5. The first kappa shape index (κ1) is 30.8. The number of carbonyl (C=O) groups excluding carboxylic acids is 3. The average Bonchev–Trinajstić information content (AvgIpc) is 3.01. The van der Waals surface area contributed by atoms with E-state index in [1.54, 1.807) is 29.3 Å². The van der Waals surface area contributed by atoms with E-state index in [1.807, 2.05) is 62.4 Å². The lowest BCUT2D eigenvalue weighted by atomic mass is 9.94. The fourth-order valence-corrected chi connectivity index (χ4v) is 5.48. The number of aromatic nitrogens is 1. The molecular weight excluding hydrogens is 528 g/mol. The molecule has 1 saturated carbocycles. The second-order valence-electron chi connectivity index (χ2n) is 10.6. The van der Waals surface area contributed by atoms with Crippen LogP contribution in [0.1, 0.15) is 82.4 Å². The number of benzene rings is 2. The van der Waals surface area contributed by atoms with Gasteiger partial charge in [-0.25, -0.2) is 4.98 Å². The van der Waals surface area contributed by atoms with Gasteiger partial charge in [0.1, 0.15) is 17.6 Å². The third-order valence-electron chi connectivity index (χ3n) is 7.59. The molecule has 222 valence electrons. The van der Waals surface area contributed by atoms with E-state index in [0.717, 1.165) is 31.2 Å². The Morgan fingerprint density at radius 1 is 0.929 bits per heavy atom. The average molecular weight is 571 g/mol. The van der Waals surface area contributed by atoms with Crippen LogP contribution in [0.15, 0.2) is 72.9 Å². The molecule has 3 amide bonds. The van der Waals surface area contributed by atoms with Crippen LogP contribution in [0.4, 0.5) is 11.5 Å². The van der Waals surface area contributed by atoms with E-state index in [2.05, 4.69) is 15.6 Å². The van der Waals surface area contributed by atoms with Crippen molar-refractivity contribution >= 4 is 29.2 Å². The number of carbonyl (C=O) groups is 3. The Hall–Kier alpha value is -4.20. The zero-order valence-corrected chi connectivity index (χ0v) is 24.7. The third kappa shape index (κ3) is 8.41. The molecule has 0 radical (unpaired) electrons. The highest BCUT2D eigenvalue weighted by molar-refractivity contribution is 6.02. The van der Waals surface area contributed by atoms with Crippen molar-refractivity contribution in [3.05, 3.63) is 84.1 Å². The third-order valence-corrected chi connectivity index (χ3v) is 7.59. The second-order valence-corrected chi connectivity index (χ2v) is 10.6. The van der Waals surface area contributed by atoms with Crippen LogP contribution in [0, 0.1) is 0 Å². The van der Waals surface area contributed by atoms with E-state index in [9.17, 15) is 14.4 Å². The van der Waals surface area contributed by atoms with Gasteiger partial charge in [0.2, 0.25) is 17.7 Å². The maximum atomic E-state index is 14.1. The van der Waals surface area contributed by atoms with Crippen LogP contribution in [0.3, 0.4) is 0 Å². The van der Waals surface area contributed by atoms with E-state index in [1.165, 1.54) is 6.42 Å². The fourth-order valence-electron chi connectivity index (χ4n) is 5.48. The summed E-state index contributed by atoms with van der Waals surface area (Å²) in [4.78, 5) is 46.6. The van der Waals surface area contributed by atoms with Crippen molar-refractivity contribution in [1.82, 2.24) is 10.3 Å². The summed E-state index contributed by atoms with van der Waals surface area (Å²) in [6.07, 6.45) is 8.14. The Morgan fingerprint density at radius 2 is 1.67 bits per heavy atom. The number of ether oxygens (including phenoxy) is 1. The second kappa shape index (κ2) is 15.7. The highest BCUT2D eigenvalue weighted by Crippen LogP contribution is 2.33. The first-order chi connectivity index (χ1) is 20.5. The van der Waals surface area contributed by atoms with Crippen molar-refractivity contribution < 1.29 is 19.1 Å². The minimum absolute atomic E-state index is 0.0881. The number of amides is 3. The van der Waals surface area contributed by atoms with Crippen LogP contribution < -0.4 is 20.3 Å². The van der Waals surface area contributed by atoms with E-state index in [4.69, 9.17) is 4.74 Å². The molecule has 1 aliphatic rings. The lowest BCUT2D eigenvalue weighted by Gasteiger charge is -2.34. The van der Waals surface area contributed by atoms with Gasteiger partial charge in [0.05, 0.1) is 6.61 Å². The van der Waals surface area contributed by atoms with Crippen LogP contribution in [0.25, 0.3) is 0 Å². The summed E-state index contributed by atoms with van der Waals surface area (Å²) in [7, 11) is 0. The number of nitrogens with zero attached hydrogens (tertiary/aromatic N) is 2. The van der Waals surface area contributed by atoms with Gasteiger partial charge >= 0.3 is 0 Å². The number of pyridine rings is 1. The van der Waals surface area contributed by atoms with Crippen molar-refractivity contribution in [2.24, 2.45) is 0 Å². The van der Waals surface area contributed by atoms with Crippen molar-refractivity contribution in [1.29, 1.82) is 0 Å². The molecule has 2 N–H and O–H groups in total. The molecule has 0 spiro atoms. The normalized spacial score (nSPS) is 14.0. The summed E-state index contributed by atoms with van der Waals surface area (Å²) in [6.45, 7) is 4.50. The van der Waals surface area contributed by atoms with E-state index in [0.29, 0.717) is 42.3 Å². The van der Waals surface area contributed by atoms with E-state index < -0.39 is 6.04 Å². The van der Waals surface area contributed by atoms with Gasteiger partial charge in [0.25, 0.3) is 0 Å². The van der Waals surface area contributed by atoms with Gasteiger partial charge in [-0.1, -0.05) is 62.6 Å². The molecular formula is C34H42N4O4. The van der Waals surface area contributed by atoms with Gasteiger partial charge in [-0.05, 0) is 74.1 Å². The molecule has 0 aliphatic heterocycles. The number of nitrogens with one attached hydrogen (secondary N) is 2. The molecule has 0 saturated heterocycles. The summed E-state index contributed by atoms with van der Waals surface area (Å²) in [5.41, 5.74) is 2.39. The van der Waals surface area contributed by atoms with Gasteiger partial charge in [-0.15, -0.1) is 0 Å². The van der Waals surface area contributed by atoms with Gasteiger partial charge < -0.3 is 15.4 Å². The van der Waals surface area contributed by atoms with Gasteiger partial charge in [-0.2, -0.15) is 0 Å². The van der Waals surface area contributed by atoms with Crippen LogP contribution in [0.5, 0.6) is 5.75 Å². The molecule has 2 aromatic carbocycles. The van der Waals surface area contributed by atoms with Crippen molar-refractivity contribution in [2.75, 3.05) is 16.8 Å².